The van der Waals surface area contributed by atoms with Gasteiger partial charge in [0.2, 0.25) is 0 Å². The molecule has 2 aromatic rings. The van der Waals surface area contributed by atoms with Crippen molar-refractivity contribution in [3.05, 3.63) is 60.4 Å². The molecule has 0 spiro atoms. The third-order valence-electron chi connectivity index (χ3n) is 2.61. The second kappa shape index (κ2) is 5.65. The summed E-state index contributed by atoms with van der Waals surface area (Å²) in [6.45, 7) is 0. The standard InChI is InChI=1S/C15H14N3/c1-17-14-7-5-13(6-8-14)11-15(12-16)18-9-3-2-4-10-18/h2-11,17H,1H3/q+1. The van der Waals surface area contributed by atoms with Gasteiger partial charge in [-0.3, -0.25) is 0 Å². The number of rotatable bonds is 3. The molecule has 0 saturated heterocycles. The Morgan fingerprint density at radius 3 is 2.39 bits per heavy atom. The van der Waals surface area contributed by atoms with Gasteiger partial charge in [-0.25, -0.2) is 0 Å². The minimum Gasteiger partial charge on any atom is -0.388 e. The molecule has 3 nitrogen and oxygen atoms in total. The van der Waals surface area contributed by atoms with Crippen LogP contribution in [0.4, 0.5) is 5.69 Å². The number of nitriles is 1. The van der Waals surface area contributed by atoms with Crippen LogP contribution in [-0.2, 0) is 0 Å². The number of pyridine rings is 1. The van der Waals surface area contributed by atoms with Crippen LogP contribution >= 0.6 is 0 Å². The molecule has 18 heavy (non-hydrogen) atoms. The molecule has 0 amide bonds. The van der Waals surface area contributed by atoms with E-state index in [1.807, 2.05) is 68.0 Å². The molecule has 1 aromatic carbocycles. The third-order valence-corrected chi connectivity index (χ3v) is 2.61. The predicted molar refractivity (Wildman–Crippen MR) is 72.4 cm³/mol. The van der Waals surface area contributed by atoms with Crippen molar-refractivity contribution < 1.29 is 4.57 Å². The number of aromatic nitrogens is 1. The van der Waals surface area contributed by atoms with Gasteiger partial charge in [-0.15, -0.1) is 0 Å². The van der Waals surface area contributed by atoms with Gasteiger partial charge < -0.3 is 5.32 Å². The molecule has 3 heteroatoms. The SMILES string of the molecule is CNc1ccc(C=C(C#N)[n+]2ccccc2)cc1. The number of benzene rings is 1. The van der Waals surface area contributed by atoms with Gasteiger partial charge in [0, 0.05) is 30.9 Å². The highest BCUT2D eigenvalue weighted by Gasteiger charge is 2.07. The molecular formula is C15H14N3+. The van der Waals surface area contributed by atoms with Gasteiger partial charge in [-0.05, 0) is 17.7 Å². The van der Waals surface area contributed by atoms with Crippen molar-refractivity contribution >= 4 is 17.5 Å². The van der Waals surface area contributed by atoms with Crippen molar-refractivity contribution in [1.82, 2.24) is 0 Å². The van der Waals surface area contributed by atoms with Crippen LogP contribution in [-0.4, -0.2) is 7.05 Å². The summed E-state index contributed by atoms with van der Waals surface area (Å²) in [4.78, 5) is 0. The molecule has 1 heterocycles. The predicted octanol–water partition coefficient (Wildman–Crippen LogP) is 2.54. The Morgan fingerprint density at radius 2 is 1.83 bits per heavy atom. The van der Waals surface area contributed by atoms with Gasteiger partial charge in [-0.1, -0.05) is 18.2 Å². The van der Waals surface area contributed by atoms with Crippen LogP contribution in [0.2, 0.25) is 0 Å². The first-order valence-electron chi connectivity index (χ1n) is 5.70. The third kappa shape index (κ3) is 2.74. The first-order chi connectivity index (χ1) is 8.83. The molecule has 0 aliphatic heterocycles. The van der Waals surface area contributed by atoms with Crippen LogP contribution in [0.15, 0.2) is 54.9 Å². The maximum absolute atomic E-state index is 9.19. The van der Waals surface area contributed by atoms with Crippen molar-refractivity contribution in [2.75, 3.05) is 12.4 Å². The van der Waals surface area contributed by atoms with Gasteiger partial charge in [0.15, 0.2) is 18.5 Å². The summed E-state index contributed by atoms with van der Waals surface area (Å²) < 4.78 is 1.80. The van der Waals surface area contributed by atoms with Crippen molar-refractivity contribution in [2.45, 2.75) is 0 Å². The molecule has 0 unspecified atom stereocenters. The van der Waals surface area contributed by atoms with Gasteiger partial charge in [0.05, 0.1) is 0 Å². The lowest BCUT2D eigenvalue weighted by atomic mass is 10.2. The molecular weight excluding hydrogens is 222 g/mol. The van der Waals surface area contributed by atoms with E-state index in [0.29, 0.717) is 5.70 Å². The molecule has 88 valence electrons. The average molecular weight is 236 g/mol. The van der Waals surface area contributed by atoms with Crippen molar-refractivity contribution in [1.29, 1.82) is 5.26 Å². The molecule has 0 bridgehead atoms. The Kier molecular flexibility index (Phi) is 3.72. The molecule has 0 radical (unpaired) electrons. The van der Waals surface area contributed by atoms with E-state index in [2.05, 4.69) is 11.4 Å². The first kappa shape index (κ1) is 11.9. The van der Waals surface area contributed by atoms with Crippen LogP contribution in [0.5, 0.6) is 0 Å². The molecule has 0 saturated carbocycles. The summed E-state index contributed by atoms with van der Waals surface area (Å²) in [6, 6.07) is 15.8. The second-order valence-corrected chi connectivity index (χ2v) is 3.80. The fourth-order valence-corrected chi connectivity index (χ4v) is 1.63. The van der Waals surface area contributed by atoms with Crippen LogP contribution in [0.3, 0.4) is 0 Å². The normalized spacial score (nSPS) is 10.8. The van der Waals surface area contributed by atoms with E-state index >= 15 is 0 Å². The lowest BCUT2D eigenvalue weighted by Gasteiger charge is -1.99. The number of anilines is 1. The summed E-state index contributed by atoms with van der Waals surface area (Å²) in [7, 11) is 1.88. The van der Waals surface area contributed by atoms with Crippen LogP contribution in [0.25, 0.3) is 11.8 Å². The molecule has 0 aliphatic carbocycles. The maximum Gasteiger partial charge on any atom is 0.289 e. The van der Waals surface area contributed by atoms with E-state index in [0.717, 1.165) is 11.3 Å². The number of nitrogens with one attached hydrogen (secondary N) is 1. The van der Waals surface area contributed by atoms with Crippen LogP contribution in [0, 0.1) is 11.3 Å². The maximum atomic E-state index is 9.19. The topological polar surface area (TPSA) is 39.7 Å². The molecule has 1 aromatic heterocycles. The Labute approximate surface area is 107 Å². The van der Waals surface area contributed by atoms with Gasteiger partial charge in [-0.2, -0.15) is 9.83 Å². The van der Waals surface area contributed by atoms with E-state index in [4.69, 9.17) is 0 Å². The van der Waals surface area contributed by atoms with Crippen LogP contribution < -0.4 is 9.88 Å². The summed E-state index contributed by atoms with van der Waals surface area (Å²) in [5, 5.41) is 12.3. The molecule has 1 N–H and O–H groups in total. The fourth-order valence-electron chi connectivity index (χ4n) is 1.63. The number of hydrogen-bond acceptors (Lipinski definition) is 2. The zero-order valence-corrected chi connectivity index (χ0v) is 10.2. The molecule has 2 rings (SSSR count). The van der Waals surface area contributed by atoms with E-state index in [-0.39, 0.29) is 0 Å². The van der Waals surface area contributed by atoms with Crippen molar-refractivity contribution in [3.63, 3.8) is 0 Å². The van der Waals surface area contributed by atoms with Gasteiger partial charge in [0.25, 0.3) is 5.70 Å². The molecule has 0 aliphatic rings. The largest absolute Gasteiger partial charge is 0.388 e. The summed E-state index contributed by atoms with van der Waals surface area (Å²) in [6.07, 6.45) is 5.58. The number of nitrogens with zero attached hydrogens (tertiary/aromatic N) is 2. The van der Waals surface area contributed by atoms with Crippen molar-refractivity contribution in [2.24, 2.45) is 0 Å². The summed E-state index contributed by atoms with van der Waals surface area (Å²) in [5.74, 6) is 0. The van der Waals surface area contributed by atoms with Crippen LogP contribution in [0.1, 0.15) is 5.56 Å². The lowest BCUT2D eigenvalue weighted by molar-refractivity contribution is -0.576. The minimum absolute atomic E-state index is 0.591. The average Bonchev–Trinajstić information content (AvgIpc) is 2.46. The Morgan fingerprint density at radius 1 is 1.17 bits per heavy atom. The first-order valence-corrected chi connectivity index (χ1v) is 5.70. The summed E-state index contributed by atoms with van der Waals surface area (Å²) in [5.41, 5.74) is 2.65. The Hall–Kier alpha value is -2.60. The lowest BCUT2D eigenvalue weighted by Crippen LogP contribution is -2.29. The monoisotopic (exact) mass is 236 g/mol. The minimum atomic E-state index is 0.591. The van der Waals surface area contributed by atoms with E-state index in [1.165, 1.54) is 0 Å². The van der Waals surface area contributed by atoms with Crippen molar-refractivity contribution in [3.8, 4) is 6.07 Å². The van der Waals surface area contributed by atoms with E-state index in [9.17, 15) is 5.26 Å². The second-order valence-electron chi connectivity index (χ2n) is 3.80. The fraction of sp³-hybridized carbons (Fsp3) is 0.0667. The smallest absolute Gasteiger partial charge is 0.289 e. The zero-order valence-electron chi connectivity index (χ0n) is 10.2. The van der Waals surface area contributed by atoms with Gasteiger partial charge in [0.1, 0.15) is 0 Å². The Bertz CT molecular complexity index is 577. The van der Waals surface area contributed by atoms with Gasteiger partial charge >= 0.3 is 0 Å². The number of hydrogen-bond donors (Lipinski definition) is 1. The molecule has 0 atom stereocenters. The Balaban J connectivity index is 2.33. The zero-order chi connectivity index (χ0) is 12.8. The highest BCUT2D eigenvalue weighted by molar-refractivity contribution is 5.73. The molecule has 0 fully saturated rings. The highest BCUT2D eigenvalue weighted by atomic mass is 14.9. The quantitative estimate of drug-likeness (QED) is 0.657. The van der Waals surface area contributed by atoms with E-state index < -0.39 is 0 Å². The van der Waals surface area contributed by atoms with E-state index in [1.54, 1.807) is 4.57 Å². The number of allylic oxidation sites excluding steroid dienone is 1. The highest BCUT2D eigenvalue weighted by Crippen LogP contribution is 2.11. The summed E-state index contributed by atoms with van der Waals surface area (Å²) >= 11 is 0.